The first-order valence-electron chi connectivity index (χ1n) is 7.95. The molecule has 2 nitrogen and oxygen atoms in total. The number of nitrogens with zero attached hydrogens (tertiary/aromatic N) is 2. The maximum absolute atomic E-state index is 9.51. The third-order valence-corrected chi connectivity index (χ3v) is 4.89. The maximum Gasteiger partial charge on any atom is 0.134 e. The van der Waals surface area contributed by atoms with Gasteiger partial charge < -0.3 is 0 Å². The largest absolute Gasteiger partial charge is 0.235 e. The van der Waals surface area contributed by atoms with Gasteiger partial charge in [0, 0.05) is 10.9 Å². The summed E-state index contributed by atoms with van der Waals surface area (Å²) < 4.78 is 0. The summed E-state index contributed by atoms with van der Waals surface area (Å²) in [5, 5.41) is 14.7. The van der Waals surface area contributed by atoms with Crippen LogP contribution in [0.1, 0.15) is 10.6 Å². The molecule has 0 radical (unpaired) electrons. The van der Waals surface area contributed by atoms with Gasteiger partial charge in [0.05, 0.1) is 11.3 Å². The van der Waals surface area contributed by atoms with Crippen LogP contribution in [-0.2, 0) is 0 Å². The number of nitriles is 1. The van der Waals surface area contributed by atoms with Crippen molar-refractivity contribution in [2.45, 2.75) is 0 Å². The fourth-order valence-corrected chi connectivity index (χ4v) is 3.53. The van der Waals surface area contributed by atoms with Crippen LogP contribution < -0.4 is 0 Å². The molecule has 0 saturated carbocycles. The van der Waals surface area contributed by atoms with Crippen molar-refractivity contribution in [1.29, 1.82) is 5.26 Å². The van der Waals surface area contributed by atoms with Crippen molar-refractivity contribution in [2.24, 2.45) is 0 Å². The zero-order valence-electron chi connectivity index (χ0n) is 13.4. The van der Waals surface area contributed by atoms with Crippen LogP contribution in [0.25, 0.3) is 33.7 Å². The Kier molecular flexibility index (Phi) is 4.12. The van der Waals surface area contributed by atoms with Crippen molar-refractivity contribution >= 4 is 33.8 Å². The van der Waals surface area contributed by atoms with Gasteiger partial charge in [0.2, 0.25) is 0 Å². The molecule has 4 rings (SSSR count). The Bertz CT molecular complexity index is 1100. The lowest BCUT2D eigenvalue weighted by molar-refractivity contribution is 1.37. The third-order valence-electron chi connectivity index (χ3n) is 4.01. The Morgan fingerprint density at radius 1 is 0.920 bits per heavy atom. The Hall–Kier alpha value is -3.22. The molecule has 0 aliphatic carbocycles. The Morgan fingerprint density at radius 2 is 1.68 bits per heavy atom. The van der Waals surface area contributed by atoms with Crippen molar-refractivity contribution < 1.29 is 0 Å². The van der Waals surface area contributed by atoms with Gasteiger partial charge in [-0.15, -0.1) is 11.3 Å². The summed E-state index contributed by atoms with van der Waals surface area (Å²) in [5.74, 6) is 0. The smallest absolute Gasteiger partial charge is 0.134 e. The standard InChI is InChI=1S/C22H14N2S/c23-14-20(12-16-6-2-1-3-7-16)22-24-21(15-25-22)19-11-10-17-8-4-5-9-18(17)13-19/h1-13,15H/b20-12+. The normalized spacial score (nSPS) is 11.4. The van der Waals surface area contributed by atoms with E-state index in [1.54, 1.807) is 0 Å². The van der Waals surface area contributed by atoms with Crippen molar-refractivity contribution in [2.75, 3.05) is 0 Å². The van der Waals surface area contributed by atoms with Crippen LogP contribution in [-0.4, -0.2) is 4.98 Å². The van der Waals surface area contributed by atoms with Gasteiger partial charge in [-0.2, -0.15) is 5.26 Å². The molecule has 0 N–H and O–H groups in total. The Morgan fingerprint density at radius 3 is 2.48 bits per heavy atom. The fraction of sp³-hybridized carbons (Fsp3) is 0. The minimum Gasteiger partial charge on any atom is -0.235 e. The topological polar surface area (TPSA) is 36.7 Å². The molecular formula is C22H14N2S. The first-order valence-corrected chi connectivity index (χ1v) is 8.83. The van der Waals surface area contributed by atoms with E-state index in [1.165, 1.54) is 22.1 Å². The van der Waals surface area contributed by atoms with Crippen LogP contribution in [0, 0.1) is 11.3 Å². The average Bonchev–Trinajstić information content (AvgIpc) is 3.16. The number of thiazole rings is 1. The number of fused-ring (bicyclic) bond motifs is 1. The van der Waals surface area contributed by atoms with E-state index in [9.17, 15) is 5.26 Å². The predicted molar refractivity (Wildman–Crippen MR) is 105 cm³/mol. The van der Waals surface area contributed by atoms with Gasteiger partial charge in [-0.05, 0) is 28.5 Å². The van der Waals surface area contributed by atoms with Crippen LogP contribution in [0.5, 0.6) is 0 Å². The zero-order chi connectivity index (χ0) is 17.1. The monoisotopic (exact) mass is 338 g/mol. The molecule has 25 heavy (non-hydrogen) atoms. The fourth-order valence-electron chi connectivity index (χ4n) is 2.74. The zero-order valence-corrected chi connectivity index (χ0v) is 14.2. The molecule has 0 spiro atoms. The molecular weight excluding hydrogens is 324 g/mol. The van der Waals surface area contributed by atoms with Crippen LogP contribution in [0.2, 0.25) is 0 Å². The average molecular weight is 338 g/mol. The predicted octanol–water partition coefficient (Wildman–Crippen LogP) is 6.03. The summed E-state index contributed by atoms with van der Waals surface area (Å²) in [4.78, 5) is 4.68. The van der Waals surface area contributed by atoms with Gasteiger partial charge in [-0.25, -0.2) is 4.98 Å². The second kappa shape index (κ2) is 6.72. The van der Waals surface area contributed by atoms with Gasteiger partial charge in [0.1, 0.15) is 11.1 Å². The highest BCUT2D eigenvalue weighted by molar-refractivity contribution is 7.11. The second-order valence-electron chi connectivity index (χ2n) is 5.68. The summed E-state index contributed by atoms with van der Waals surface area (Å²) >= 11 is 1.50. The van der Waals surface area contributed by atoms with Gasteiger partial charge in [0.25, 0.3) is 0 Å². The molecule has 0 amide bonds. The Labute approximate surface area is 150 Å². The van der Waals surface area contributed by atoms with E-state index in [4.69, 9.17) is 0 Å². The van der Waals surface area contributed by atoms with Gasteiger partial charge in [-0.1, -0.05) is 66.7 Å². The number of aromatic nitrogens is 1. The molecule has 0 saturated heterocycles. The summed E-state index contributed by atoms with van der Waals surface area (Å²) in [6.07, 6.45) is 1.88. The Balaban J connectivity index is 1.71. The van der Waals surface area contributed by atoms with Crippen molar-refractivity contribution in [3.05, 3.63) is 88.7 Å². The molecule has 4 aromatic rings. The number of allylic oxidation sites excluding steroid dienone is 1. The number of benzene rings is 3. The second-order valence-corrected chi connectivity index (χ2v) is 6.54. The van der Waals surface area contributed by atoms with Crippen molar-refractivity contribution in [3.63, 3.8) is 0 Å². The molecule has 0 atom stereocenters. The lowest BCUT2D eigenvalue weighted by atomic mass is 10.1. The molecule has 0 aliphatic rings. The summed E-state index contributed by atoms with van der Waals surface area (Å²) in [6, 6.07) is 26.7. The quantitative estimate of drug-likeness (QED) is 0.428. The lowest BCUT2D eigenvalue weighted by Gasteiger charge is -2.01. The molecule has 1 heterocycles. The first-order chi connectivity index (χ1) is 12.3. The van der Waals surface area contributed by atoms with E-state index in [0.717, 1.165) is 21.8 Å². The number of rotatable bonds is 3. The molecule has 0 unspecified atom stereocenters. The van der Waals surface area contributed by atoms with Gasteiger partial charge in [-0.3, -0.25) is 0 Å². The molecule has 0 aliphatic heterocycles. The van der Waals surface area contributed by atoms with Crippen molar-refractivity contribution in [1.82, 2.24) is 4.98 Å². The molecule has 3 aromatic carbocycles. The minimum atomic E-state index is 0.586. The number of hydrogen-bond donors (Lipinski definition) is 0. The summed E-state index contributed by atoms with van der Waals surface area (Å²) in [5.41, 5.74) is 3.56. The van der Waals surface area contributed by atoms with Crippen LogP contribution in [0.4, 0.5) is 0 Å². The van der Waals surface area contributed by atoms with E-state index >= 15 is 0 Å². The first kappa shape index (κ1) is 15.3. The molecule has 1 aromatic heterocycles. The minimum absolute atomic E-state index is 0.586. The van der Waals surface area contributed by atoms with Crippen molar-refractivity contribution in [3.8, 4) is 17.3 Å². The highest BCUT2D eigenvalue weighted by Gasteiger charge is 2.09. The van der Waals surface area contributed by atoms with E-state index in [2.05, 4.69) is 41.4 Å². The van der Waals surface area contributed by atoms with Gasteiger partial charge in [0.15, 0.2) is 0 Å². The van der Waals surface area contributed by atoms with Gasteiger partial charge >= 0.3 is 0 Å². The number of hydrogen-bond acceptors (Lipinski definition) is 3. The maximum atomic E-state index is 9.51. The molecule has 118 valence electrons. The molecule has 0 fully saturated rings. The van der Waals surface area contributed by atoms with E-state index < -0.39 is 0 Å². The highest BCUT2D eigenvalue weighted by Crippen LogP contribution is 2.29. The van der Waals surface area contributed by atoms with Crippen LogP contribution in [0.3, 0.4) is 0 Å². The van der Waals surface area contributed by atoms with Crippen LogP contribution >= 0.6 is 11.3 Å². The van der Waals surface area contributed by atoms with Crippen LogP contribution in [0.15, 0.2) is 78.2 Å². The SMILES string of the molecule is N#C/C(=C\c1ccccc1)c1nc(-c2ccc3ccccc3c2)cs1. The summed E-state index contributed by atoms with van der Waals surface area (Å²) in [7, 11) is 0. The molecule has 3 heteroatoms. The molecule has 0 bridgehead atoms. The van der Waals surface area contributed by atoms with E-state index in [-0.39, 0.29) is 0 Å². The van der Waals surface area contributed by atoms with E-state index in [0.29, 0.717) is 5.57 Å². The highest BCUT2D eigenvalue weighted by atomic mass is 32.1. The summed E-state index contributed by atoms with van der Waals surface area (Å²) in [6.45, 7) is 0. The third kappa shape index (κ3) is 3.21. The van der Waals surface area contributed by atoms with E-state index in [1.807, 2.05) is 53.9 Å². The lowest BCUT2D eigenvalue weighted by Crippen LogP contribution is -1.83.